The van der Waals surface area contributed by atoms with Crippen molar-refractivity contribution in [3.05, 3.63) is 59.2 Å². The first-order valence-electron chi connectivity index (χ1n) is 14.3. The molecule has 2 saturated heterocycles. The smallest absolute Gasteiger partial charge is 0.340 e. The molecule has 0 bridgehead atoms. The van der Waals surface area contributed by atoms with Crippen molar-refractivity contribution < 1.29 is 22.1 Å². The lowest BCUT2D eigenvalue weighted by Crippen LogP contribution is -2.50. The van der Waals surface area contributed by atoms with Gasteiger partial charge >= 0.3 is 16.1 Å². The summed E-state index contributed by atoms with van der Waals surface area (Å²) in [6.07, 6.45) is 7.20. The Labute approximate surface area is 237 Å². The van der Waals surface area contributed by atoms with E-state index in [2.05, 4.69) is 5.32 Å². The molecule has 2 amide bonds. The van der Waals surface area contributed by atoms with Gasteiger partial charge in [-0.05, 0) is 92.8 Å². The highest BCUT2D eigenvalue weighted by atomic mass is 32.2. The third-order valence-electron chi connectivity index (χ3n) is 8.28. The number of aryl methyl sites for hydroxylation is 1. The number of urea groups is 1. The van der Waals surface area contributed by atoms with Gasteiger partial charge in [-0.3, -0.25) is 0 Å². The van der Waals surface area contributed by atoms with Crippen LogP contribution in [0.1, 0.15) is 48.8 Å². The lowest BCUT2D eigenvalue weighted by molar-refractivity contribution is 0.0398. The van der Waals surface area contributed by atoms with Gasteiger partial charge in [0.25, 0.3) is 0 Å². The molecule has 0 spiro atoms. The predicted molar refractivity (Wildman–Crippen MR) is 151 cm³/mol. The maximum atomic E-state index is 12.8. The quantitative estimate of drug-likeness (QED) is 0.383. The Balaban J connectivity index is 1.06. The molecule has 2 aliphatic heterocycles. The molecule has 0 radical (unpaired) electrons. The van der Waals surface area contributed by atoms with Crippen molar-refractivity contribution in [2.24, 2.45) is 5.92 Å². The van der Waals surface area contributed by atoms with Crippen LogP contribution in [0, 0.1) is 17.2 Å². The molecule has 2 aromatic carbocycles. The number of carbonyl (C=O) groups excluding carboxylic acids is 1. The minimum absolute atomic E-state index is 0.0664. The number of likely N-dealkylation sites (tertiary alicyclic amines) is 1. The molecule has 5 rings (SSSR count). The SMILES string of the molecule is N#Cc1ccccc1S(=O)(=O)Oc1ccc2c(c1)CC(NCCCC1CCN(C(=O)N3CCOCC3)CC1)CC2. The van der Waals surface area contributed by atoms with E-state index in [4.69, 9.17) is 8.92 Å². The number of benzene rings is 2. The van der Waals surface area contributed by atoms with Crippen molar-refractivity contribution in [1.82, 2.24) is 15.1 Å². The molecule has 1 aliphatic carbocycles. The summed E-state index contributed by atoms with van der Waals surface area (Å²) in [6, 6.07) is 14.0. The number of nitriles is 1. The van der Waals surface area contributed by atoms with Gasteiger partial charge in [-0.25, -0.2) is 4.79 Å². The third kappa shape index (κ3) is 6.95. The fraction of sp³-hybridized carbons (Fsp3) is 0.533. The Morgan fingerprint density at radius 1 is 1.02 bits per heavy atom. The Morgan fingerprint density at radius 2 is 1.77 bits per heavy atom. The molecule has 0 aromatic heterocycles. The van der Waals surface area contributed by atoms with E-state index in [9.17, 15) is 18.5 Å². The van der Waals surface area contributed by atoms with Gasteiger partial charge in [0.15, 0.2) is 0 Å². The lowest BCUT2D eigenvalue weighted by Gasteiger charge is -2.37. The van der Waals surface area contributed by atoms with Crippen LogP contribution in [0.5, 0.6) is 5.75 Å². The zero-order chi connectivity index (χ0) is 28.0. The first-order valence-corrected chi connectivity index (χ1v) is 15.7. The minimum Gasteiger partial charge on any atom is -0.379 e. The maximum Gasteiger partial charge on any atom is 0.340 e. The Bertz CT molecular complexity index is 1330. The number of nitrogens with one attached hydrogen (secondary N) is 1. The lowest BCUT2D eigenvalue weighted by atomic mass is 9.88. The van der Waals surface area contributed by atoms with E-state index in [1.807, 2.05) is 28.0 Å². The van der Waals surface area contributed by atoms with Crippen LogP contribution in [-0.2, 0) is 27.7 Å². The van der Waals surface area contributed by atoms with Gasteiger partial charge in [-0.2, -0.15) is 13.7 Å². The number of amides is 2. The zero-order valence-corrected chi connectivity index (χ0v) is 23.7. The van der Waals surface area contributed by atoms with Crippen LogP contribution in [0.3, 0.4) is 0 Å². The molecule has 1 unspecified atom stereocenters. The summed E-state index contributed by atoms with van der Waals surface area (Å²) in [5, 5.41) is 13.0. The van der Waals surface area contributed by atoms with Crippen molar-refractivity contribution >= 4 is 16.1 Å². The number of carbonyl (C=O) groups is 1. The van der Waals surface area contributed by atoms with Gasteiger partial charge in [-0.15, -0.1) is 0 Å². The van der Waals surface area contributed by atoms with Crippen molar-refractivity contribution in [3.63, 3.8) is 0 Å². The number of ether oxygens (including phenoxy) is 1. The second-order valence-electron chi connectivity index (χ2n) is 10.9. The standard InChI is InChI=1S/C30H38N4O5S/c31-22-25-5-1-2-6-29(25)40(36,37)39-28-10-8-24-7-9-27(20-26(24)21-28)32-13-3-4-23-11-14-33(15-12-23)30(35)34-16-18-38-19-17-34/h1-2,5-6,8,10,21,23,27,32H,3-4,7,9,11-20H2. The summed E-state index contributed by atoms with van der Waals surface area (Å²) >= 11 is 0. The molecule has 214 valence electrons. The number of rotatable bonds is 8. The van der Waals surface area contributed by atoms with E-state index in [0.29, 0.717) is 38.3 Å². The van der Waals surface area contributed by atoms with Gasteiger partial charge in [-0.1, -0.05) is 18.2 Å². The van der Waals surface area contributed by atoms with E-state index in [1.165, 1.54) is 17.7 Å². The molecule has 1 N–H and O–H groups in total. The van der Waals surface area contributed by atoms with E-state index in [1.54, 1.807) is 18.2 Å². The molecule has 2 aromatic rings. The molecule has 2 heterocycles. The zero-order valence-electron chi connectivity index (χ0n) is 22.9. The number of fused-ring (bicyclic) bond motifs is 1. The predicted octanol–water partition coefficient (Wildman–Crippen LogP) is 3.72. The molecule has 9 nitrogen and oxygen atoms in total. The number of morpholine rings is 1. The third-order valence-corrected chi connectivity index (χ3v) is 9.58. The molecule has 40 heavy (non-hydrogen) atoms. The van der Waals surface area contributed by atoms with Crippen LogP contribution in [0.25, 0.3) is 0 Å². The molecular formula is C30H38N4O5S. The summed E-state index contributed by atoms with van der Waals surface area (Å²) < 4.78 is 36.4. The highest BCUT2D eigenvalue weighted by Crippen LogP contribution is 2.29. The molecule has 0 saturated carbocycles. The summed E-state index contributed by atoms with van der Waals surface area (Å²) in [5.41, 5.74) is 2.39. The van der Waals surface area contributed by atoms with Gasteiger partial charge in [0, 0.05) is 32.2 Å². The van der Waals surface area contributed by atoms with E-state index >= 15 is 0 Å². The van der Waals surface area contributed by atoms with E-state index < -0.39 is 10.1 Å². The molecule has 10 heteroatoms. The van der Waals surface area contributed by atoms with Crippen LogP contribution >= 0.6 is 0 Å². The highest BCUT2D eigenvalue weighted by molar-refractivity contribution is 7.87. The summed E-state index contributed by atoms with van der Waals surface area (Å²) in [5.74, 6) is 0.932. The van der Waals surface area contributed by atoms with E-state index in [-0.39, 0.29) is 22.2 Å². The average Bonchev–Trinajstić information content (AvgIpc) is 2.99. The van der Waals surface area contributed by atoms with Gasteiger partial charge in [0.1, 0.15) is 16.7 Å². The van der Waals surface area contributed by atoms with Crippen LogP contribution in [0.15, 0.2) is 47.4 Å². The highest BCUT2D eigenvalue weighted by Gasteiger charge is 2.27. The topological polar surface area (TPSA) is 112 Å². The number of hydrogen-bond donors (Lipinski definition) is 1. The monoisotopic (exact) mass is 566 g/mol. The van der Waals surface area contributed by atoms with Crippen LogP contribution < -0.4 is 9.50 Å². The van der Waals surface area contributed by atoms with Gasteiger partial charge in [0.2, 0.25) is 0 Å². The summed E-state index contributed by atoms with van der Waals surface area (Å²) in [6.45, 7) is 5.29. The number of nitrogens with zero attached hydrogens (tertiary/aromatic N) is 3. The minimum atomic E-state index is -4.11. The van der Waals surface area contributed by atoms with Gasteiger partial charge < -0.3 is 24.0 Å². The first-order chi connectivity index (χ1) is 19.4. The number of hydrogen-bond acceptors (Lipinski definition) is 7. The fourth-order valence-electron chi connectivity index (χ4n) is 5.97. The van der Waals surface area contributed by atoms with Crippen molar-refractivity contribution in [2.75, 3.05) is 45.9 Å². The second-order valence-corrected chi connectivity index (χ2v) is 12.4. The van der Waals surface area contributed by atoms with E-state index in [0.717, 1.165) is 70.1 Å². The summed E-state index contributed by atoms with van der Waals surface area (Å²) in [7, 11) is -4.11. The van der Waals surface area contributed by atoms with Gasteiger partial charge in [0.05, 0.1) is 18.8 Å². The molecule has 3 aliphatic rings. The Hall–Kier alpha value is -3.13. The van der Waals surface area contributed by atoms with Crippen LogP contribution in [-0.4, -0.2) is 76.2 Å². The fourth-order valence-corrected chi connectivity index (χ4v) is 7.05. The van der Waals surface area contributed by atoms with Crippen molar-refractivity contribution in [3.8, 4) is 11.8 Å². The molecule has 1 atom stereocenters. The van der Waals surface area contributed by atoms with Crippen molar-refractivity contribution in [2.45, 2.75) is 55.9 Å². The first kappa shape index (κ1) is 28.4. The van der Waals surface area contributed by atoms with Crippen molar-refractivity contribution in [1.29, 1.82) is 5.26 Å². The normalized spacial score (nSPS) is 20.0. The largest absolute Gasteiger partial charge is 0.379 e. The van der Waals surface area contributed by atoms with Crippen LogP contribution in [0.4, 0.5) is 4.79 Å². The number of piperidine rings is 1. The summed E-state index contributed by atoms with van der Waals surface area (Å²) in [4.78, 5) is 16.5. The second kappa shape index (κ2) is 13.0. The molecule has 2 fully saturated rings. The van der Waals surface area contributed by atoms with Crippen LogP contribution in [0.2, 0.25) is 0 Å². The maximum absolute atomic E-state index is 12.8. The Kier molecular flexibility index (Phi) is 9.25. The molecular weight excluding hydrogens is 528 g/mol. The average molecular weight is 567 g/mol. The Morgan fingerprint density at radius 3 is 2.55 bits per heavy atom.